The van der Waals surface area contributed by atoms with Gasteiger partial charge in [0.2, 0.25) is 0 Å². The molecule has 0 fully saturated rings. The number of carbonyl (C=O) groups excluding carboxylic acids is 1. The molecule has 3 aromatic rings. The van der Waals surface area contributed by atoms with Crippen molar-refractivity contribution >= 4 is 45.7 Å². The summed E-state index contributed by atoms with van der Waals surface area (Å²) in [4.78, 5) is 29.2. The molecule has 0 aliphatic carbocycles. The molecule has 0 unspecified atom stereocenters. The van der Waals surface area contributed by atoms with Crippen LogP contribution in [0.2, 0.25) is 5.02 Å². The number of nitro benzene ring substituents is 1. The van der Waals surface area contributed by atoms with Crippen molar-refractivity contribution in [2.75, 3.05) is 10.6 Å². The highest BCUT2D eigenvalue weighted by Gasteiger charge is 2.14. The van der Waals surface area contributed by atoms with E-state index in [4.69, 9.17) is 11.6 Å². The van der Waals surface area contributed by atoms with E-state index in [0.29, 0.717) is 5.69 Å². The molecule has 116 valence electrons. The predicted molar refractivity (Wildman–Crippen MR) is 86.8 cm³/mol. The van der Waals surface area contributed by atoms with E-state index in [2.05, 4.69) is 20.6 Å². The third-order valence-electron chi connectivity index (χ3n) is 3.08. The third-order valence-corrected chi connectivity index (χ3v) is 3.40. The lowest BCUT2D eigenvalue weighted by atomic mass is 10.2. The van der Waals surface area contributed by atoms with Gasteiger partial charge in [-0.1, -0.05) is 11.6 Å². The second-order valence-electron chi connectivity index (χ2n) is 4.64. The Morgan fingerprint density at radius 1 is 1.17 bits per heavy atom. The van der Waals surface area contributed by atoms with E-state index < -0.39 is 11.0 Å². The standard InChI is InChI=1S/C14H10ClN5O3/c15-10-3-1-9(6-13(10)20(22)23)19-14(21)18-8-2-4-11-12(5-8)17-7-16-11/h1-7H,(H,16,17)(H2,18,19,21). The maximum Gasteiger partial charge on any atom is 0.323 e. The Bertz CT molecular complexity index is 908. The lowest BCUT2D eigenvalue weighted by Gasteiger charge is -2.08. The van der Waals surface area contributed by atoms with E-state index in [1.165, 1.54) is 18.2 Å². The molecule has 2 aromatic carbocycles. The van der Waals surface area contributed by atoms with Gasteiger partial charge in [-0.2, -0.15) is 0 Å². The first-order valence-electron chi connectivity index (χ1n) is 6.48. The molecule has 0 saturated carbocycles. The van der Waals surface area contributed by atoms with Crippen LogP contribution >= 0.6 is 11.6 Å². The minimum atomic E-state index is -0.614. The number of carbonyl (C=O) groups is 1. The number of anilines is 2. The third kappa shape index (κ3) is 3.22. The molecule has 1 aromatic heterocycles. The van der Waals surface area contributed by atoms with Gasteiger partial charge >= 0.3 is 6.03 Å². The highest BCUT2D eigenvalue weighted by Crippen LogP contribution is 2.27. The van der Waals surface area contributed by atoms with Gasteiger partial charge in [0.1, 0.15) is 5.02 Å². The Balaban J connectivity index is 1.74. The van der Waals surface area contributed by atoms with Gasteiger partial charge in [0, 0.05) is 17.4 Å². The van der Waals surface area contributed by atoms with Crippen LogP contribution in [0, 0.1) is 10.1 Å². The Hall–Kier alpha value is -3.13. The number of aromatic amines is 1. The molecule has 0 aliphatic heterocycles. The van der Waals surface area contributed by atoms with Gasteiger partial charge < -0.3 is 15.6 Å². The number of nitrogens with zero attached hydrogens (tertiary/aromatic N) is 2. The molecule has 8 nitrogen and oxygen atoms in total. The number of hydrogen-bond donors (Lipinski definition) is 3. The van der Waals surface area contributed by atoms with E-state index in [0.717, 1.165) is 11.0 Å². The minimum absolute atomic E-state index is 0.00524. The molecule has 23 heavy (non-hydrogen) atoms. The summed E-state index contributed by atoms with van der Waals surface area (Å²) in [5.41, 5.74) is 2.11. The van der Waals surface area contributed by atoms with Gasteiger partial charge in [-0.05, 0) is 30.3 Å². The van der Waals surface area contributed by atoms with Gasteiger partial charge in [0.15, 0.2) is 0 Å². The first-order chi connectivity index (χ1) is 11.0. The van der Waals surface area contributed by atoms with Crippen LogP contribution in [0.3, 0.4) is 0 Å². The summed E-state index contributed by atoms with van der Waals surface area (Å²) in [6, 6.07) is 8.69. The SMILES string of the molecule is O=C(Nc1ccc(Cl)c([N+](=O)[O-])c1)Nc1ccc2nc[nH]c2c1. The maximum absolute atomic E-state index is 12.0. The molecule has 0 aliphatic rings. The molecule has 3 N–H and O–H groups in total. The summed E-state index contributed by atoms with van der Waals surface area (Å²) >= 11 is 5.72. The number of rotatable bonds is 3. The molecule has 0 bridgehead atoms. The average molecular weight is 332 g/mol. The number of nitrogens with one attached hydrogen (secondary N) is 3. The van der Waals surface area contributed by atoms with Crippen molar-refractivity contribution in [1.29, 1.82) is 0 Å². The summed E-state index contributed by atoms with van der Waals surface area (Å²) in [6.45, 7) is 0. The van der Waals surface area contributed by atoms with Crippen LogP contribution in [0.1, 0.15) is 0 Å². The molecule has 9 heteroatoms. The van der Waals surface area contributed by atoms with Crippen molar-refractivity contribution < 1.29 is 9.72 Å². The number of imidazole rings is 1. The lowest BCUT2D eigenvalue weighted by Crippen LogP contribution is -2.19. The molecule has 2 amide bonds. The van der Waals surface area contributed by atoms with Crippen LogP contribution in [0.4, 0.5) is 21.9 Å². The number of amides is 2. The monoisotopic (exact) mass is 331 g/mol. The molecule has 1 heterocycles. The fraction of sp³-hybridized carbons (Fsp3) is 0. The van der Waals surface area contributed by atoms with E-state index >= 15 is 0 Å². The van der Waals surface area contributed by atoms with E-state index in [9.17, 15) is 14.9 Å². The van der Waals surface area contributed by atoms with Crippen LogP contribution in [0.25, 0.3) is 11.0 Å². The minimum Gasteiger partial charge on any atom is -0.345 e. The summed E-state index contributed by atoms with van der Waals surface area (Å²) in [5, 5.41) is 16.0. The molecular weight excluding hydrogens is 322 g/mol. The van der Waals surface area contributed by atoms with Crippen molar-refractivity contribution in [3.8, 4) is 0 Å². The number of nitro groups is 1. The van der Waals surface area contributed by atoms with Gasteiger partial charge in [-0.25, -0.2) is 9.78 Å². The van der Waals surface area contributed by atoms with Gasteiger partial charge in [-0.3, -0.25) is 10.1 Å². The number of halogens is 1. The predicted octanol–water partition coefficient (Wildman–Crippen LogP) is 3.77. The average Bonchev–Trinajstić information content (AvgIpc) is 2.96. The number of benzene rings is 2. The van der Waals surface area contributed by atoms with Crippen LogP contribution in [-0.2, 0) is 0 Å². The van der Waals surface area contributed by atoms with Gasteiger partial charge in [0.25, 0.3) is 5.69 Å². The fourth-order valence-electron chi connectivity index (χ4n) is 2.04. The van der Waals surface area contributed by atoms with E-state index in [1.807, 2.05) is 0 Å². The van der Waals surface area contributed by atoms with Crippen molar-refractivity contribution in [3.63, 3.8) is 0 Å². The smallest absolute Gasteiger partial charge is 0.323 e. The second kappa shape index (κ2) is 5.93. The Labute approximate surface area is 134 Å². The molecule has 0 spiro atoms. The largest absolute Gasteiger partial charge is 0.345 e. The second-order valence-corrected chi connectivity index (χ2v) is 5.04. The fourth-order valence-corrected chi connectivity index (χ4v) is 2.22. The topological polar surface area (TPSA) is 113 Å². The Morgan fingerprint density at radius 3 is 2.61 bits per heavy atom. The summed E-state index contributed by atoms with van der Waals surface area (Å²) < 4.78 is 0. The quantitative estimate of drug-likeness (QED) is 0.500. The van der Waals surface area contributed by atoms with Gasteiger partial charge in [0.05, 0.1) is 22.3 Å². The zero-order valence-corrected chi connectivity index (χ0v) is 12.3. The molecule has 0 atom stereocenters. The summed E-state index contributed by atoms with van der Waals surface area (Å²) in [6.07, 6.45) is 1.56. The normalized spacial score (nSPS) is 10.5. The van der Waals surface area contributed by atoms with E-state index in [1.54, 1.807) is 24.5 Å². The molecule has 0 radical (unpaired) electrons. The Morgan fingerprint density at radius 2 is 1.87 bits per heavy atom. The number of H-pyrrole nitrogens is 1. The number of fused-ring (bicyclic) bond motifs is 1. The van der Waals surface area contributed by atoms with Crippen LogP contribution in [-0.4, -0.2) is 20.9 Å². The van der Waals surface area contributed by atoms with Crippen LogP contribution in [0.15, 0.2) is 42.7 Å². The highest BCUT2D eigenvalue weighted by molar-refractivity contribution is 6.32. The number of urea groups is 1. The maximum atomic E-state index is 12.0. The van der Waals surface area contributed by atoms with Gasteiger partial charge in [-0.15, -0.1) is 0 Å². The van der Waals surface area contributed by atoms with E-state index in [-0.39, 0.29) is 16.4 Å². The number of hydrogen-bond acceptors (Lipinski definition) is 4. The lowest BCUT2D eigenvalue weighted by molar-refractivity contribution is -0.384. The van der Waals surface area contributed by atoms with Crippen molar-refractivity contribution in [2.45, 2.75) is 0 Å². The first kappa shape index (κ1) is 14.8. The first-order valence-corrected chi connectivity index (χ1v) is 6.86. The van der Waals surface area contributed by atoms with Crippen molar-refractivity contribution in [3.05, 3.63) is 57.9 Å². The molecule has 0 saturated heterocycles. The van der Waals surface area contributed by atoms with Crippen LogP contribution < -0.4 is 10.6 Å². The van der Waals surface area contributed by atoms with Crippen molar-refractivity contribution in [2.24, 2.45) is 0 Å². The molecule has 3 rings (SSSR count). The number of aromatic nitrogens is 2. The zero-order chi connectivity index (χ0) is 16.4. The zero-order valence-electron chi connectivity index (χ0n) is 11.5. The Kier molecular flexibility index (Phi) is 3.82. The van der Waals surface area contributed by atoms with Crippen molar-refractivity contribution in [1.82, 2.24) is 9.97 Å². The summed E-state index contributed by atoms with van der Waals surface area (Å²) in [7, 11) is 0. The van der Waals surface area contributed by atoms with Crippen LogP contribution in [0.5, 0.6) is 0 Å². The highest BCUT2D eigenvalue weighted by atomic mass is 35.5. The molecular formula is C14H10ClN5O3. The summed E-state index contributed by atoms with van der Waals surface area (Å²) in [5.74, 6) is 0.